The Kier molecular flexibility index (Phi) is 4.86. The molecule has 2 aromatic heterocycles. The molecule has 0 unspecified atom stereocenters. The van der Waals surface area contributed by atoms with E-state index in [1.54, 1.807) is 6.07 Å². The summed E-state index contributed by atoms with van der Waals surface area (Å²) >= 11 is 0. The first kappa shape index (κ1) is 19.1. The van der Waals surface area contributed by atoms with Crippen molar-refractivity contribution in [2.24, 2.45) is 0 Å². The highest BCUT2D eigenvalue weighted by molar-refractivity contribution is 5.84. The van der Waals surface area contributed by atoms with Crippen molar-refractivity contribution in [2.45, 2.75) is 13.0 Å². The lowest BCUT2D eigenvalue weighted by atomic mass is 9.98. The van der Waals surface area contributed by atoms with E-state index in [-0.39, 0.29) is 35.0 Å². The molecule has 1 atom stereocenters. The van der Waals surface area contributed by atoms with Crippen LogP contribution in [0.1, 0.15) is 24.1 Å². The van der Waals surface area contributed by atoms with E-state index in [1.165, 1.54) is 12.1 Å². The minimum absolute atomic E-state index is 0.00935. The van der Waals surface area contributed by atoms with Gasteiger partial charge in [0.15, 0.2) is 5.82 Å². The first-order valence-electron chi connectivity index (χ1n) is 9.21. The van der Waals surface area contributed by atoms with Crippen LogP contribution < -0.4 is 16.8 Å². The Morgan fingerprint density at radius 1 is 1.03 bits per heavy atom. The first-order valence-corrected chi connectivity index (χ1v) is 9.21. The second kappa shape index (κ2) is 7.64. The Morgan fingerprint density at radius 2 is 1.80 bits per heavy atom. The Bertz CT molecular complexity index is 1280. The third-order valence-electron chi connectivity index (χ3n) is 4.74. The van der Waals surface area contributed by atoms with Crippen LogP contribution in [-0.2, 0) is 0 Å². The highest BCUT2D eigenvalue weighted by atomic mass is 19.1. The average molecular weight is 399 g/mol. The van der Waals surface area contributed by atoms with Gasteiger partial charge in [-0.05, 0) is 25.1 Å². The third-order valence-corrected chi connectivity index (χ3v) is 4.74. The van der Waals surface area contributed by atoms with E-state index >= 15 is 0 Å². The van der Waals surface area contributed by atoms with Gasteiger partial charge in [-0.15, -0.1) is 0 Å². The predicted molar refractivity (Wildman–Crippen MR) is 115 cm³/mol. The number of aromatic nitrogens is 3. The molecule has 148 valence electrons. The fourth-order valence-electron chi connectivity index (χ4n) is 3.31. The van der Waals surface area contributed by atoms with E-state index in [0.29, 0.717) is 11.2 Å². The van der Waals surface area contributed by atoms with Gasteiger partial charge in [-0.3, -0.25) is 0 Å². The van der Waals surface area contributed by atoms with Crippen molar-refractivity contribution in [1.29, 1.82) is 5.26 Å². The number of nitrogens with zero attached hydrogens (tertiary/aromatic N) is 4. The summed E-state index contributed by atoms with van der Waals surface area (Å²) < 4.78 is 13.8. The molecule has 4 aromatic rings. The molecule has 0 aliphatic rings. The number of pyridine rings is 1. The third kappa shape index (κ3) is 3.56. The first-order chi connectivity index (χ1) is 14.5. The molecule has 0 amide bonds. The second-order valence-corrected chi connectivity index (χ2v) is 6.80. The van der Waals surface area contributed by atoms with E-state index in [2.05, 4.69) is 15.3 Å². The van der Waals surface area contributed by atoms with Crippen LogP contribution in [0.3, 0.4) is 0 Å². The smallest absolute Gasteiger partial charge is 0.224 e. The number of nitriles is 1. The number of fused-ring (bicyclic) bond motifs is 1. The van der Waals surface area contributed by atoms with Crippen molar-refractivity contribution >= 4 is 28.5 Å². The van der Waals surface area contributed by atoms with Gasteiger partial charge in [-0.25, -0.2) is 9.37 Å². The number of hydrogen-bond acceptors (Lipinski definition) is 7. The number of hydrogen-bond donors (Lipinski definition) is 3. The van der Waals surface area contributed by atoms with Crippen LogP contribution in [0.25, 0.3) is 22.2 Å². The molecule has 30 heavy (non-hydrogen) atoms. The molecule has 7 nitrogen and oxygen atoms in total. The minimum atomic E-state index is -0.349. The molecule has 0 aliphatic heterocycles. The largest absolute Gasteiger partial charge is 0.382 e. The topological polar surface area (TPSA) is 127 Å². The summed E-state index contributed by atoms with van der Waals surface area (Å²) in [5.41, 5.74) is 14.6. The predicted octanol–water partition coefficient (Wildman–Crippen LogP) is 4.04. The molecule has 8 heteroatoms. The highest BCUT2D eigenvalue weighted by Crippen LogP contribution is 2.32. The molecule has 2 heterocycles. The van der Waals surface area contributed by atoms with Crippen LogP contribution in [0.4, 0.5) is 22.0 Å². The summed E-state index contributed by atoms with van der Waals surface area (Å²) in [5.74, 6) is -0.126. The summed E-state index contributed by atoms with van der Waals surface area (Å²) in [5, 5.41) is 13.4. The lowest BCUT2D eigenvalue weighted by Crippen LogP contribution is -2.14. The van der Waals surface area contributed by atoms with Crippen LogP contribution in [-0.4, -0.2) is 15.0 Å². The molecule has 2 aromatic carbocycles. The van der Waals surface area contributed by atoms with Gasteiger partial charge in [0, 0.05) is 22.6 Å². The molecule has 0 fully saturated rings. The number of nitrogen functional groups attached to an aromatic ring is 2. The quantitative estimate of drug-likeness (QED) is 0.473. The van der Waals surface area contributed by atoms with E-state index in [4.69, 9.17) is 16.5 Å². The van der Waals surface area contributed by atoms with Crippen LogP contribution in [0, 0.1) is 17.1 Å². The van der Waals surface area contributed by atoms with E-state index in [0.717, 1.165) is 16.5 Å². The molecule has 5 N–H and O–H groups in total. The standard InChI is InChI=1S/C22H18FN7/c1-12(27-21-17(11-24)20(25)29-22(26)30-21)16-9-14-7-8-15(23)10-18(14)28-19(16)13-5-3-2-4-6-13/h2-10,12H,1H3,(H5,25,26,27,29,30)/t12-/m0/s1. The zero-order chi connectivity index (χ0) is 21.3. The number of nitrogens with one attached hydrogen (secondary N) is 1. The van der Waals surface area contributed by atoms with Crippen molar-refractivity contribution in [2.75, 3.05) is 16.8 Å². The maximum absolute atomic E-state index is 13.8. The van der Waals surface area contributed by atoms with Crippen molar-refractivity contribution < 1.29 is 4.39 Å². The highest BCUT2D eigenvalue weighted by Gasteiger charge is 2.19. The fourth-order valence-corrected chi connectivity index (χ4v) is 3.31. The van der Waals surface area contributed by atoms with Gasteiger partial charge in [-0.1, -0.05) is 30.3 Å². The van der Waals surface area contributed by atoms with Crippen LogP contribution >= 0.6 is 0 Å². The van der Waals surface area contributed by atoms with E-state index in [1.807, 2.05) is 49.4 Å². The van der Waals surface area contributed by atoms with Gasteiger partial charge in [0.2, 0.25) is 5.95 Å². The van der Waals surface area contributed by atoms with Crippen molar-refractivity contribution in [3.63, 3.8) is 0 Å². The lowest BCUT2D eigenvalue weighted by Gasteiger charge is -2.20. The number of benzene rings is 2. The summed E-state index contributed by atoms with van der Waals surface area (Å²) in [6.07, 6.45) is 0. The normalized spacial score (nSPS) is 11.8. The van der Waals surface area contributed by atoms with Gasteiger partial charge >= 0.3 is 0 Å². The zero-order valence-electron chi connectivity index (χ0n) is 16.1. The van der Waals surface area contributed by atoms with Crippen molar-refractivity contribution in [1.82, 2.24) is 15.0 Å². The van der Waals surface area contributed by atoms with Crippen LogP contribution in [0.5, 0.6) is 0 Å². The Morgan fingerprint density at radius 3 is 2.53 bits per heavy atom. The molecule has 0 aliphatic carbocycles. The average Bonchev–Trinajstić information content (AvgIpc) is 2.73. The molecule has 4 rings (SSSR count). The molecule has 0 bridgehead atoms. The number of nitrogens with two attached hydrogens (primary N) is 2. The summed E-state index contributed by atoms with van der Waals surface area (Å²) in [7, 11) is 0. The number of anilines is 3. The van der Waals surface area contributed by atoms with Crippen LogP contribution in [0.2, 0.25) is 0 Å². The Hall–Kier alpha value is -4.25. The molecule has 0 saturated carbocycles. The SMILES string of the molecule is C[C@H](Nc1nc(N)nc(N)c1C#N)c1cc2ccc(F)cc2nc1-c1ccccc1. The zero-order valence-corrected chi connectivity index (χ0v) is 16.1. The molecule has 0 spiro atoms. The minimum Gasteiger partial charge on any atom is -0.382 e. The molecular weight excluding hydrogens is 381 g/mol. The Labute approximate surface area is 172 Å². The lowest BCUT2D eigenvalue weighted by molar-refractivity contribution is 0.629. The molecular formula is C22H18FN7. The summed E-state index contributed by atoms with van der Waals surface area (Å²) in [4.78, 5) is 12.7. The van der Waals surface area contributed by atoms with Gasteiger partial charge in [0.1, 0.15) is 23.3 Å². The van der Waals surface area contributed by atoms with Gasteiger partial charge in [0.25, 0.3) is 0 Å². The maximum Gasteiger partial charge on any atom is 0.224 e. The monoisotopic (exact) mass is 399 g/mol. The van der Waals surface area contributed by atoms with Crippen molar-refractivity contribution in [3.05, 3.63) is 71.5 Å². The van der Waals surface area contributed by atoms with Gasteiger partial charge < -0.3 is 16.8 Å². The fraction of sp³-hybridized carbons (Fsp3) is 0.0909. The number of rotatable bonds is 4. The van der Waals surface area contributed by atoms with Crippen molar-refractivity contribution in [3.8, 4) is 17.3 Å². The Balaban J connectivity index is 1.85. The van der Waals surface area contributed by atoms with Crippen LogP contribution in [0.15, 0.2) is 54.6 Å². The maximum atomic E-state index is 13.8. The molecule has 0 saturated heterocycles. The summed E-state index contributed by atoms with van der Waals surface area (Å²) in [6.45, 7) is 1.91. The number of halogens is 1. The van der Waals surface area contributed by atoms with E-state index in [9.17, 15) is 9.65 Å². The summed E-state index contributed by atoms with van der Waals surface area (Å²) in [6, 6.07) is 17.7. The van der Waals surface area contributed by atoms with E-state index < -0.39 is 0 Å². The van der Waals surface area contributed by atoms with Gasteiger partial charge in [-0.2, -0.15) is 15.2 Å². The second-order valence-electron chi connectivity index (χ2n) is 6.80. The molecule has 0 radical (unpaired) electrons. The van der Waals surface area contributed by atoms with Gasteiger partial charge in [0.05, 0.1) is 17.3 Å².